The zero-order valence-corrected chi connectivity index (χ0v) is 8.84. The van der Waals surface area contributed by atoms with Gasteiger partial charge >= 0.3 is 0 Å². The van der Waals surface area contributed by atoms with E-state index in [2.05, 4.69) is 15.9 Å². The van der Waals surface area contributed by atoms with Crippen molar-refractivity contribution in [2.24, 2.45) is 0 Å². The fraction of sp³-hybridized carbons (Fsp3) is 0.200. The van der Waals surface area contributed by atoms with Gasteiger partial charge < -0.3 is 4.74 Å². The number of hydrogen-bond acceptors (Lipinski definition) is 1. The SMILES string of the molecule is COc1ccc(C/C=C/Br)c(F)c1. The first-order valence-corrected chi connectivity index (χ1v) is 4.77. The normalized spacial score (nSPS) is 10.7. The van der Waals surface area contributed by atoms with Crippen molar-refractivity contribution in [3.63, 3.8) is 0 Å². The topological polar surface area (TPSA) is 9.23 Å². The molecule has 1 rings (SSSR count). The van der Waals surface area contributed by atoms with Crippen molar-refractivity contribution in [1.82, 2.24) is 0 Å². The minimum absolute atomic E-state index is 0.232. The summed E-state index contributed by atoms with van der Waals surface area (Å²) in [5, 5.41) is 0. The number of rotatable bonds is 3. The maximum Gasteiger partial charge on any atom is 0.130 e. The number of benzene rings is 1. The van der Waals surface area contributed by atoms with Crippen LogP contribution in [0.4, 0.5) is 4.39 Å². The Morgan fingerprint density at radius 2 is 2.31 bits per heavy atom. The Morgan fingerprint density at radius 3 is 2.85 bits per heavy atom. The molecular formula is C10H10BrFO. The summed E-state index contributed by atoms with van der Waals surface area (Å²) in [6.45, 7) is 0. The van der Waals surface area contributed by atoms with E-state index in [1.165, 1.54) is 13.2 Å². The molecular weight excluding hydrogens is 235 g/mol. The van der Waals surface area contributed by atoms with Crippen molar-refractivity contribution in [3.05, 3.63) is 40.6 Å². The quantitative estimate of drug-likeness (QED) is 0.793. The van der Waals surface area contributed by atoms with Crippen molar-refractivity contribution < 1.29 is 9.13 Å². The van der Waals surface area contributed by atoms with E-state index < -0.39 is 0 Å². The van der Waals surface area contributed by atoms with Crippen LogP contribution in [0.25, 0.3) is 0 Å². The highest BCUT2D eigenvalue weighted by molar-refractivity contribution is 9.11. The van der Waals surface area contributed by atoms with Crippen LogP contribution in [0, 0.1) is 5.82 Å². The van der Waals surface area contributed by atoms with Gasteiger partial charge in [0.1, 0.15) is 11.6 Å². The van der Waals surface area contributed by atoms with Crippen LogP contribution in [0.3, 0.4) is 0 Å². The molecule has 0 fully saturated rings. The van der Waals surface area contributed by atoms with Crippen LogP contribution in [-0.4, -0.2) is 7.11 Å². The summed E-state index contributed by atoms with van der Waals surface area (Å²) >= 11 is 3.13. The van der Waals surface area contributed by atoms with E-state index in [-0.39, 0.29) is 5.82 Å². The van der Waals surface area contributed by atoms with E-state index in [1.807, 2.05) is 6.08 Å². The molecule has 1 nitrogen and oxygen atoms in total. The third-order valence-corrected chi connectivity index (χ3v) is 2.06. The Morgan fingerprint density at radius 1 is 1.54 bits per heavy atom. The average molecular weight is 245 g/mol. The maximum absolute atomic E-state index is 13.2. The molecule has 0 aromatic heterocycles. The molecule has 13 heavy (non-hydrogen) atoms. The molecule has 1 aromatic rings. The number of ether oxygens (including phenoxy) is 1. The van der Waals surface area contributed by atoms with Gasteiger partial charge in [0, 0.05) is 6.07 Å². The minimum Gasteiger partial charge on any atom is -0.497 e. The van der Waals surface area contributed by atoms with Crippen LogP contribution >= 0.6 is 15.9 Å². The lowest BCUT2D eigenvalue weighted by atomic mass is 10.1. The first kappa shape index (κ1) is 10.3. The van der Waals surface area contributed by atoms with Crippen LogP contribution in [-0.2, 0) is 6.42 Å². The van der Waals surface area contributed by atoms with Crippen molar-refractivity contribution in [3.8, 4) is 5.75 Å². The standard InChI is InChI=1S/C10H10BrFO/c1-13-9-5-4-8(3-2-6-11)10(12)7-9/h2,4-7H,3H2,1H3/b6-2+. The van der Waals surface area contributed by atoms with Crippen LogP contribution in [0.5, 0.6) is 5.75 Å². The van der Waals surface area contributed by atoms with Crippen LogP contribution in [0.15, 0.2) is 29.3 Å². The highest BCUT2D eigenvalue weighted by atomic mass is 79.9. The zero-order valence-electron chi connectivity index (χ0n) is 7.26. The first-order chi connectivity index (χ1) is 6.27. The van der Waals surface area contributed by atoms with Gasteiger partial charge in [0.15, 0.2) is 0 Å². The maximum atomic E-state index is 13.2. The largest absolute Gasteiger partial charge is 0.497 e. The molecule has 0 aliphatic heterocycles. The van der Waals surface area contributed by atoms with Gasteiger partial charge in [-0.3, -0.25) is 0 Å². The van der Waals surface area contributed by atoms with Crippen LogP contribution in [0.2, 0.25) is 0 Å². The minimum atomic E-state index is -0.232. The monoisotopic (exact) mass is 244 g/mol. The van der Waals surface area contributed by atoms with Gasteiger partial charge in [-0.05, 0) is 23.0 Å². The average Bonchev–Trinajstić information content (AvgIpc) is 2.16. The highest BCUT2D eigenvalue weighted by Gasteiger charge is 2.01. The molecule has 1 aromatic carbocycles. The van der Waals surface area contributed by atoms with Crippen molar-refractivity contribution in [1.29, 1.82) is 0 Å². The lowest BCUT2D eigenvalue weighted by molar-refractivity contribution is 0.411. The molecule has 0 atom stereocenters. The Labute approximate surface area is 85.3 Å². The lowest BCUT2D eigenvalue weighted by Crippen LogP contribution is -1.90. The Hall–Kier alpha value is -0.830. The third-order valence-electron chi connectivity index (χ3n) is 1.69. The summed E-state index contributed by atoms with van der Waals surface area (Å²) in [5.41, 5.74) is 0.663. The Kier molecular flexibility index (Phi) is 3.96. The van der Waals surface area contributed by atoms with Gasteiger partial charge in [0.2, 0.25) is 0 Å². The van der Waals surface area contributed by atoms with E-state index in [0.717, 1.165) is 0 Å². The summed E-state index contributed by atoms with van der Waals surface area (Å²) in [6, 6.07) is 4.86. The molecule has 0 spiro atoms. The summed E-state index contributed by atoms with van der Waals surface area (Å²) in [5.74, 6) is 0.314. The summed E-state index contributed by atoms with van der Waals surface area (Å²) in [4.78, 5) is 1.72. The van der Waals surface area contributed by atoms with Gasteiger partial charge in [0.25, 0.3) is 0 Å². The molecule has 0 unspecified atom stereocenters. The van der Waals surface area contributed by atoms with Crippen LogP contribution in [0.1, 0.15) is 5.56 Å². The lowest BCUT2D eigenvalue weighted by Gasteiger charge is -2.02. The zero-order chi connectivity index (χ0) is 9.68. The molecule has 0 saturated carbocycles. The van der Waals surface area contributed by atoms with Crippen LogP contribution < -0.4 is 4.74 Å². The van der Waals surface area contributed by atoms with Crippen molar-refractivity contribution >= 4 is 15.9 Å². The van der Waals surface area contributed by atoms with Crippen molar-refractivity contribution in [2.75, 3.05) is 7.11 Å². The van der Waals surface area contributed by atoms with E-state index in [4.69, 9.17) is 4.74 Å². The number of methoxy groups -OCH3 is 1. The van der Waals surface area contributed by atoms with Gasteiger partial charge in [-0.1, -0.05) is 28.1 Å². The molecule has 0 bridgehead atoms. The molecule has 0 radical (unpaired) electrons. The number of halogens is 2. The second-order valence-corrected chi connectivity index (χ2v) is 3.05. The Bertz CT molecular complexity index is 310. The highest BCUT2D eigenvalue weighted by Crippen LogP contribution is 2.16. The number of hydrogen-bond donors (Lipinski definition) is 0. The molecule has 0 amide bonds. The van der Waals surface area contributed by atoms with Gasteiger partial charge in [0.05, 0.1) is 7.11 Å². The molecule has 0 aliphatic carbocycles. The molecule has 0 heterocycles. The van der Waals surface area contributed by atoms with Gasteiger partial charge in [-0.2, -0.15) is 0 Å². The summed E-state index contributed by atoms with van der Waals surface area (Å²) < 4.78 is 18.1. The second kappa shape index (κ2) is 5.02. The predicted octanol–water partition coefficient (Wildman–Crippen LogP) is 3.29. The van der Waals surface area contributed by atoms with E-state index in [0.29, 0.717) is 17.7 Å². The Balaban J connectivity index is 2.85. The molecule has 70 valence electrons. The smallest absolute Gasteiger partial charge is 0.130 e. The summed E-state index contributed by atoms with van der Waals surface area (Å²) in [7, 11) is 1.52. The van der Waals surface area contributed by atoms with Gasteiger partial charge in [-0.25, -0.2) is 4.39 Å². The molecule has 0 saturated heterocycles. The molecule has 0 N–H and O–H groups in total. The number of allylic oxidation sites excluding steroid dienone is 1. The van der Waals surface area contributed by atoms with E-state index in [9.17, 15) is 4.39 Å². The fourth-order valence-electron chi connectivity index (χ4n) is 0.992. The second-order valence-electron chi connectivity index (χ2n) is 2.52. The predicted molar refractivity (Wildman–Crippen MR) is 54.7 cm³/mol. The molecule has 3 heteroatoms. The van der Waals surface area contributed by atoms with E-state index >= 15 is 0 Å². The summed E-state index contributed by atoms with van der Waals surface area (Å²) in [6.07, 6.45) is 2.42. The van der Waals surface area contributed by atoms with Gasteiger partial charge in [-0.15, -0.1) is 0 Å². The van der Waals surface area contributed by atoms with E-state index in [1.54, 1.807) is 17.1 Å². The first-order valence-electron chi connectivity index (χ1n) is 3.85. The fourth-order valence-corrected chi connectivity index (χ4v) is 1.18. The van der Waals surface area contributed by atoms with Crippen molar-refractivity contribution in [2.45, 2.75) is 6.42 Å². The third kappa shape index (κ3) is 2.84. The molecule has 0 aliphatic rings.